The predicted octanol–water partition coefficient (Wildman–Crippen LogP) is -0.106. The molecular weight excluding hydrogens is 668 g/mol. The van der Waals surface area contributed by atoms with Crippen LogP contribution in [-0.2, 0) is 25.6 Å². The number of aliphatic imine (C=N–C) groups is 1. The van der Waals surface area contributed by atoms with E-state index in [4.69, 9.17) is 38.3 Å². The first kappa shape index (κ1) is 33.1. The number of carboxylic acids is 1. The average molecular weight is 704 g/mol. The SMILES string of the molecule is COc1ccc2c(c1OC)OC1c3c(cc4c(c3C[NH+]3C=C5N=CC=C5C3)C#CCC3(O)C(COC(=O)CC(=O)O)OC(O4)C(O)C3O)OCC21. The van der Waals surface area contributed by atoms with Gasteiger partial charge in [0.2, 0.25) is 12.0 Å². The number of esters is 1. The van der Waals surface area contributed by atoms with Crippen molar-refractivity contribution in [2.24, 2.45) is 4.99 Å². The molecule has 15 nitrogen and oxygen atoms in total. The first-order valence-electron chi connectivity index (χ1n) is 16.4. The predicted molar refractivity (Wildman–Crippen MR) is 173 cm³/mol. The molecule has 7 heterocycles. The minimum Gasteiger partial charge on any atom is -0.493 e. The lowest BCUT2D eigenvalue weighted by Gasteiger charge is -2.47. The van der Waals surface area contributed by atoms with Gasteiger partial charge in [-0.25, -0.2) is 0 Å². The largest absolute Gasteiger partial charge is 0.493 e. The number of aliphatic hydroxyl groups is 3. The van der Waals surface area contributed by atoms with Crippen LogP contribution in [0, 0.1) is 11.8 Å². The summed E-state index contributed by atoms with van der Waals surface area (Å²) in [6, 6.07) is 5.42. The maximum absolute atomic E-state index is 12.0. The van der Waals surface area contributed by atoms with Crippen molar-refractivity contribution >= 4 is 18.2 Å². The van der Waals surface area contributed by atoms with Crippen molar-refractivity contribution in [1.82, 2.24) is 0 Å². The third-order valence-electron chi connectivity index (χ3n) is 10.1. The van der Waals surface area contributed by atoms with Gasteiger partial charge in [0, 0.05) is 41.0 Å². The van der Waals surface area contributed by atoms with Crippen molar-refractivity contribution < 1.29 is 68.1 Å². The monoisotopic (exact) mass is 703 g/mol. The molecule has 15 heteroatoms. The molecule has 7 aliphatic rings. The number of rotatable bonds is 8. The van der Waals surface area contributed by atoms with E-state index in [1.54, 1.807) is 26.5 Å². The van der Waals surface area contributed by atoms with Crippen LogP contribution in [0.4, 0.5) is 0 Å². The van der Waals surface area contributed by atoms with Crippen LogP contribution >= 0.6 is 0 Å². The van der Waals surface area contributed by atoms with Gasteiger partial charge in [-0.05, 0) is 12.1 Å². The number of aliphatic carboxylic acids is 1. The zero-order valence-electron chi connectivity index (χ0n) is 27.6. The lowest BCUT2D eigenvalue weighted by Crippen LogP contribution is -3.05. The number of carbonyl (C=O) groups excluding carboxylic acids is 1. The summed E-state index contributed by atoms with van der Waals surface area (Å²) >= 11 is 0. The summed E-state index contributed by atoms with van der Waals surface area (Å²) in [5, 5.41) is 42.9. The molecule has 0 radical (unpaired) electrons. The van der Waals surface area contributed by atoms with Crippen molar-refractivity contribution in [2.75, 3.05) is 34.0 Å². The van der Waals surface area contributed by atoms with Crippen LogP contribution in [0.25, 0.3) is 0 Å². The number of carboxylic acid groups (broad SMARTS) is 1. The summed E-state index contributed by atoms with van der Waals surface area (Å²) in [6.45, 7) is 0.724. The van der Waals surface area contributed by atoms with Gasteiger partial charge in [0.25, 0.3) is 0 Å². The van der Waals surface area contributed by atoms with Gasteiger partial charge < -0.3 is 53.6 Å². The lowest BCUT2D eigenvalue weighted by molar-refractivity contribution is -0.851. The van der Waals surface area contributed by atoms with E-state index in [9.17, 15) is 24.9 Å². The van der Waals surface area contributed by atoms with Crippen molar-refractivity contribution in [2.45, 2.75) is 61.6 Å². The lowest BCUT2D eigenvalue weighted by atomic mass is 9.81. The van der Waals surface area contributed by atoms with Crippen LogP contribution in [-0.4, -0.2) is 103 Å². The number of quaternary nitrogens is 1. The molecule has 9 rings (SSSR count). The van der Waals surface area contributed by atoms with Gasteiger partial charge in [-0.2, -0.15) is 0 Å². The number of allylic oxidation sites excluding steroid dienone is 1. The average Bonchev–Trinajstić information content (AvgIpc) is 3.81. The molecule has 266 valence electrons. The molecule has 0 amide bonds. The van der Waals surface area contributed by atoms with E-state index in [1.165, 1.54) is 0 Å². The molecule has 5 N–H and O–H groups in total. The van der Waals surface area contributed by atoms with Crippen molar-refractivity contribution in [3.05, 3.63) is 64.0 Å². The fourth-order valence-corrected chi connectivity index (χ4v) is 7.58. The number of methoxy groups -OCH3 is 2. The Balaban J connectivity index is 1.22. The highest BCUT2D eigenvalue weighted by molar-refractivity contribution is 5.90. The summed E-state index contributed by atoms with van der Waals surface area (Å²) in [4.78, 5) is 28.5. The number of hydrogen-bond donors (Lipinski definition) is 5. The smallest absolute Gasteiger partial charge is 0.317 e. The summed E-state index contributed by atoms with van der Waals surface area (Å²) in [6.07, 6.45) is -2.56. The zero-order chi connectivity index (χ0) is 35.6. The van der Waals surface area contributed by atoms with Gasteiger partial charge in [0.1, 0.15) is 79.5 Å². The van der Waals surface area contributed by atoms with Gasteiger partial charge in [-0.15, -0.1) is 0 Å². The Hall–Kier alpha value is -5.11. The van der Waals surface area contributed by atoms with Crippen molar-refractivity contribution in [1.29, 1.82) is 0 Å². The number of ether oxygens (including phenoxy) is 7. The number of fused-ring (bicyclic) bond motifs is 9. The van der Waals surface area contributed by atoms with E-state index in [1.807, 2.05) is 24.4 Å². The number of nitrogens with zero attached hydrogens (tertiary/aromatic N) is 1. The second-order valence-corrected chi connectivity index (χ2v) is 13.1. The van der Waals surface area contributed by atoms with Crippen LogP contribution in [0.3, 0.4) is 0 Å². The number of benzene rings is 2. The van der Waals surface area contributed by atoms with Gasteiger partial charge in [-0.3, -0.25) is 19.5 Å². The highest BCUT2D eigenvalue weighted by atomic mass is 16.7. The second-order valence-electron chi connectivity index (χ2n) is 13.1. The molecule has 2 aromatic rings. The molecule has 2 aromatic carbocycles. The zero-order valence-corrected chi connectivity index (χ0v) is 27.6. The summed E-state index contributed by atoms with van der Waals surface area (Å²) in [5.74, 6) is 5.68. The summed E-state index contributed by atoms with van der Waals surface area (Å²) in [5.41, 5.74) is 2.64. The number of aliphatic hydroxyl groups excluding tert-OH is 2. The van der Waals surface area contributed by atoms with Crippen molar-refractivity contribution in [3.63, 3.8) is 0 Å². The number of hydrogen-bond acceptors (Lipinski definition) is 13. The fourth-order valence-electron chi connectivity index (χ4n) is 7.58. The molecule has 0 saturated carbocycles. The third kappa shape index (κ3) is 5.47. The Bertz CT molecular complexity index is 1980. The molecule has 51 heavy (non-hydrogen) atoms. The second kappa shape index (κ2) is 12.6. The Morgan fingerprint density at radius 3 is 2.76 bits per heavy atom. The van der Waals surface area contributed by atoms with Crippen LogP contribution in [0.1, 0.15) is 47.1 Å². The van der Waals surface area contributed by atoms with E-state index >= 15 is 0 Å². The summed E-state index contributed by atoms with van der Waals surface area (Å²) < 4.78 is 41.7. The maximum atomic E-state index is 12.0. The molecular formula is C36H35N2O13+. The quantitative estimate of drug-likeness (QED) is 0.139. The van der Waals surface area contributed by atoms with Gasteiger partial charge in [0.15, 0.2) is 11.5 Å². The van der Waals surface area contributed by atoms with E-state index in [2.05, 4.69) is 16.8 Å². The normalized spacial score (nSPS) is 30.3. The topological polar surface area (TPSA) is 196 Å². The maximum Gasteiger partial charge on any atom is 0.317 e. The Labute approximate surface area is 291 Å². The Kier molecular flexibility index (Phi) is 8.16. The highest BCUT2D eigenvalue weighted by Crippen LogP contribution is 2.57. The standard InChI is InChI=1S/C36H34N2O13/c1-45-23-6-5-19-21-15-47-25-10-24-18(4-3-8-36(44)26(16-48-28(41)11-27(39)40)50-35(49-24)30(42)34(36)43)20(13-38-12-17-7-9-37-22(17)14-38)29(25)31(21)51-32(19)33(23)46-2/h5-7,9-10,14,21,26,30-31,34-35,42-44H,8,11-13,15-16H2,1-2H3,(H,39,40)/p+1. The first-order valence-corrected chi connectivity index (χ1v) is 16.4. The Morgan fingerprint density at radius 1 is 1.16 bits per heavy atom. The number of nitrogens with one attached hydrogen (secondary N) is 1. The molecule has 0 spiro atoms. The van der Waals surface area contributed by atoms with E-state index in [0.29, 0.717) is 41.7 Å². The van der Waals surface area contributed by atoms with Gasteiger partial charge in [0.05, 0.1) is 32.3 Å². The van der Waals surface area contributed by atoms with Crippen LogP contribution in [0.15, 0.2) is 46.7 Å². The minimum absolute atomic E-state index is 0.193. The molecule has 8 unspecified atom stereocenters. The molecule has 1 fully saturated rings. The van der Waals surface area contributed by atoms with Crippen LogP contribution < -0.4 is 28.6 Å². The number of carbonyl (C=O) groups is 2. The minimum atomic E-state index is -2.21. The van der Waals surface area contributed by atoms with Crippen molar-refractivity contribution in [3.8, 4) is 40.6 Å². The third-order valence-corrected chi connectivity index (χ3v) is 10.1. The highest BCUT2D eigenvalue weighted by Gasteiger charge is 2.56. The summed E-state index contributed by atoms with van der Waals surface area (Å²) in [7, 11) is 3.11. The molecule has 8 atom stereocenters. The van der Waals surface area contributed by atoms with Gasteiger partial charge >= 0.3 is 11.9 Å². The first-order chi connectivity index (χ1) is 24.6. The van der Waals surface area contributed by atoms with Crippen LogP contribution in [0.2, 0.25) is 0 Å². The molecule has 2 bridgehead atoms. The molecule has 7 aliphatic heterocycles. The van der Waals surface area contributed by atoms with E-state index in [-0.39, 0.29) is 18.3 Å². The Morgan fingerprint density at radius 2 is 2.00 bits per heavy atom. The molecule has 0 aromatic heterocycles. The van der Waals surface area contributed by atoms with Gasteiger partial charge in [-0.1, -0.05) is 17.9 Å². The van der Waals surface area contributed by atoms with E-state index < -0.39 is 67.7 Å². The van der Waals surface area contributed by atoms with E-state index in [0.717, 1.165) is 32.9 Å². The van der Waals surface area contributed by atoms with Crippen LogP contribution in [0.5, 0.6) is 28.7 Å². The molecule has 0 aliphatic carbocycles. The fraction of sp³-hybridized carbons (Fsp3) is 0.417. The molecule has 1 saturated heterocycles.